The van der Waals surface area contributed by atoms with Gasteiger partial charge in [-0.25, -0.2) is 17.5 Å². The van der Waals surface area contributed by atoms with E-state index in [0.29, 0.717) is 11.3 Å². The quantitative estimate of drug-likeness (QED) is 0.716. The number of H-pyrrole nitrogens is 1. The average Bonchev–Trinajstić information content (AvgIpc) is 2.61. The molecule has 1 heterocycles. The number of rotatable bonds is 5. The fraction of sp³-hybridized carbons (Fsp3) is 0.167. The molecular formula is C18H17FN2O4S. The smallest absolute Gasteiger partial charge is 0.252 e. The van der Waals surface area contributed by atoms with Crippen molar-refractivity contribution in [2.24, 2.45) is 0 Å². The van der Waals surface area contributed by atoms with Crippen LogP contribution in [-0.4, -0.2) is 20.5 Å². The van der Waals surface area contributed by atoms with Gasteiger partial charge in [0.2, 0.25) is 10.0 Å². The van der Waals surface area contributed by atoms with Gasteiger partial charge < -0.3 is 9.72 Å². The molecule has 0 atom stereocenters. The van der Waals surface area contributed by atoms with Gasteiger partial charge in [-0.3, -0.25) is 4.79 Å². The summed E-state index contributed by atoms with van der Waals surface area (Å²) in [7, 11) is -2.34. The molecule has 2 N–H and O–H groups in total. The number of hydrogen-bond acceptors (Lipinski definition) is 4. The summed E-state index contributed by atoms with van der Waals surface area (Å²) in [6, 6.07) is 10.3. The van der Waals surface area contributed by atoms with Gasteiger partial charge in [-0.1, -0.05) is 0 Å². The molecule has 136 valence electrons. The van der Waals surface area contributed by atoms with Crippen LogP contribution in [0.5, 0.6) is 5.75 Å². The second kappa shape index (κ2) is 6.89. The first-order valence-electron chi connectivity index (χ1n) is 7.76. The molecule has 3 aromatic rings. The minimum absolute atomic E-state index is 0.0571. The highest BCUT2D eigenvalue weighted by Gasteiger charge is 2.16. The van der Waals surface area contributed by atoms with Crippen molar-refractivity contribution < 1.29 is 17.5 Å². The molecule has 1 aromatic heterocycles. The van der Waals surface area contributed by atoms with Crippen LogP contribution in [0.2, 0.25) is 0 Å². The molecule has 0 fully saturated rings. The van der Waals surface area contributed by atoms with E-state index in [-0.39, 0.29) is 22.6 Å². The highest BCUT2D eigenvalue weighted by Crippen LogP contribution is 2.19. The normalized spacial score (nSPS) is 11.7. The second-order valence-electron chi connectivity index (χ2n) is 5.81. The minimum Gasteiger partial charge on any atom is -0.497 e. The molecular weight excluding hydrogens is 359 g/mol. The van der Waals surface area contributed by atoms with Crippen LogP contribution in [-0.2, 0) is 16.6 Å². The third kappa shape index (κ3) is 3.61. The Morgan fingerprint density at radius 1 is 1.15 bits per heavy atom. The summed E-state index contributed by atoms with van der Waals surface area (Å²) in [5.41, 5.74) is 0.689. The van der Waals surface area contributed by atoms with E-state index >= 15 is 0 Å². The van der Waals surface area contributed by atoms with E-state index < -0.39 is 21.4 Å². The number of aromatic nitrogens is 1. The van der Waals surface area contributed by atoms with Gasteiger partial charge >= 0.3 is 0 Å². The van der Waals surface area contributed by atoms with E-state index in [0.717, 1.165) is 11.5 Å². The molecule has 0 amide bonds. The fourth-order valence-corrected chi connectivity index (χ4v) is 3.62. The van der Waals surface area contributed by atoms with E-state index in [9.17, 15) is 17.6 Å². The SMILES string of the molecule is COc1ccc2cc(CNS(=O)(=O)c3ccc(F)c(C)c3)c(=O)[nH]c2c1. The lowest BCUT2D eigenvalue weighted by molar-refractivity contribution is 0.415. The summed E-state index contributed by atoms with van der Waals surface area (Å²) < 4.78 is 45.5. The van der Waals surface area contributed by atoms with E-state index in [1.165, 1.54) is 26.2 Å². The summed E-state index contributed by atoms with van der Waals surface area (Å²) >= 11 is 0. The number of nitrogens with one attached hydrogen (secondary N) is 2. The van der Waals surface area contributed by atoms with Crippen molar-refractivity contribution in [3.05, 3.63) is 69.8 Å². The Labute approximate surface area is 149 Å². The predicted molar refractivity (Wildman–Crippen MR) is 96.3 cm³/mol. The van der Waals surface area contributed by atoms with Crippen molar-refractivity contribution in [1.29, 1.82) is 0 Å². The number of aryl methyl sites for hydroxylation is 1. The summed E-state index contributed by atoms with van der Waals surface area (Å²) in [6.45, 7) is 1.30. The van der Waals surface area contributed by atoms with Crippen molar-refractivity contribution in [3.63, 3.8) is 0 Å². The number of methoxy groups -OCH3 is 1. The lowest BCUT2D eigenvalue weighted by Gasteiger charge is -2.09. The number of ether oxygens (including phenoxy) is 1. The van der Waals surface area contributed by atoms with Crippen LogP contribution in [0.1, 0.15) is 11.1 Å². The fourth-order valence-electron chi connectivity index (χ4n) is 2.52. The van der Waals surface area contributed by atoms with Gasteiger partial charge in [0, 0.05) is 18.2 Å². The largest absolute Gasteiger partial charge is 0.497 e. The number of benzene rings is 2. The van der Waals surface area contributed by atoms with Gasteiger partial charge in [0.15, 0.2) is 0 Å². The van der Waals surface area contributed by atoms with Crippen LogP contribution in [0.25, 0.3) is 10.9 Å². The maximum atomic E-state index is 13.3. The van der Waals surface area contributed by atoms with Crippen LogP contribution in [0.15, 0.2) is 52.2 Å². The average molecular weight is 376 g/mol. The monoisotopic (exact) mass is 376 g/mol. The van der Waals surface area contributed by atoms with Gasteiger partial charge in [0.25, 0.3) is 5.56 Å². The number of hydrogen-bond donors (Lipinski definition) is 2. The van der Waals surface area contributed by atoms with Crippen LogP contribution in [0, 0.1) is 12.7 Å². The Bertz CT molecular complexity index is 1140. The molecule has 0 bridgehead atoms. The van der Waals surface area contributed by atoms with Gasteiger partial charge in [-0.05, 0) is 54.3 Å². The lowest BCUT2D eigenvalue weighted by Crippen LogP contribution is -2.27. The molecule has 0 saturated heterocycles. The zero-order chi connectivity index (χ0) is 18.9. The standard InChI is InChI=1S/C18H17FN2O4S/c1-11-7-15(5-6-16(11)19)26(23,24)20-10-13-8-12-3-4-14(25-2)9-17(12)21-18(13)22/h3-9,20H,10H2,1-2H3,(H,21,22). The van der Waals surface area contributed by atoms with Gasteiger partial charge in [0.05, 0.1) is 17.5 Å². The summed E-state index contributed by atoms with van der Waals surface area (Å²) in [6.07, 6.45) is 0. The van der Waals surface area contributed by atoms with Gasteiger partial charge in [-0.2, -0.15) is 0 Å². The lowest BCUT2D eigenvalue weighted by atomic mass is 10.1. The number of pyridine rings is 1. The number of aromatic amines is 1. The van der Waals surface area contributed by atoms with E-state index in [2.05, 4.69) is 9.71 Å². The molecule has 0 spiro atoms. The molecule has 0 aliphatic rings. The molecule has 6 nitrogen and oxygen atoms in total. The third-order valence-electron chi connectivity index (χ3n) is 4.02. The first-order chi connectivity index (χ1) is 12.3. The Morgan fingerprint density at radius 3 is 2.62 bits per heavy atom. The van der Waals surface area contributed by atoms with Crippen molar-refractivity contribution in [1.82, 2.24) is 9.71 Å². The zero-order valence-electron chi connectivity index (χ0n) is 14.2. The number of halogens is 1. The molecule has 3 rings (SSSR count). The predicted octanol–water partition coefficient (Wildman–Crippen LogP) is 2.46. The number of fused-ring (bicyclic) bond motifs is 1. The van der Waals surface area contributed by atoms with E-state index in [4.69, 9.17) is 4.74 Å². The van der Waals surface area contributed by atoms with Crippen LogP contribution >= 0.6 is 0 Å². The molecule has 0 aliphatic carbocycles. The highest BCUT2D eigenvalue weighted by molar-refractivity contribution is 7.89. The Balaban J connectivity index is 1.87. The second-order valence-corrected chi connectivity index (χ2v) is 7.58. The molecule has 8 heteroatoms. The maximum absolute atomic E-state index is 13.3. The van der Waals surface area contributed by atoms with Crippen LogP contribution in [0.3, 0.4) is 0 Å². The first-order valence-corrected chi connectivity index (χ1v) is 9.24. The summed E-state index contributed by atoms with van der Waals surface area (Å²) in [4.78, 5) is 14.9. The first kappa shape index (κ1) is 18.1. The molecule has 0 radical (unpaired) electrons. The summed E-state index contributed by atoms with van der Waals surface area (Å²) in [5.74, 6) is 0.124. The van der Waals surface area contributed by atoms with Gasteiger partial charge in [-0.15, -0.1) is 0 Å². The Morgan fingerprint density at radius 2 is 1.92 bits per heavy atom. The summed E-state index contributed by atoms with van der Waals surface area (Å²) in [5, 5.41) is 0.747. The number of sulfonamides is 1. The highest BCUT2D eigenvalue weighted by atomic mass is 32.2. The molecule has 0 unspecified atom stereocenters. The van der Waals surface area contributed by atoms with E-state index in [1.54, 1.807) is 24.3 Å². The maximum Gasteiger partial charge on any atom is 0.252 e. The van der Waals surface area contributed by atoms with Crippen molar-refractivity contribution in [3.8, 4) is 5.75 Å². The molecule has 2 aromatic carbocycles. The topological polar surface area (TPSA) is 88.3 Å². The van der Waals surface area contributed by atoms with Crippen molar-refractivity contribution in [2.45, 2.75) is 18.4 Å². The Kier molecular flexibility index (Phi) is 4.80. The molecule has 0 aliphatic heterocycles. The van der Waals surface area contributed by atoms with E-state index in [1.807, 2.05) is 0 Å². The third-order valence-corrected chi connectivity index (χ3v) is 5.42. The minimum atomic E-state index is -3.87. The van der Waals surface area contributed by atoms with Crippen molar-refractivity contribution in [2.75, 3.05) is 7.11 Å². The molecule has 0 saturated carbocycles. The Hall–Kier alpha value is -2.71. The molecule has 26 heavy (non-hydrogen) atoms. The van der Waals surface area contributed by atoms with Crippen molar-refractivity contribution >= 4 is 20.9 Å². The van der Waals surface area contributed by atoms with Gasteiger partial charge in [0.1, 0.15) is 11.6 Å². The van der Waals surface area contributed by atoms with Crippen LogP contribution in [0.4, 0.5) is 4.39 Å². The zero-order valence-corrected chi connectivity index (χ0v) is 15.0. The van der Waals surface area contributed by atoms with Crippen LogP contribution < -0.4 is 15.0 Å².